The van der Waals surface area contributed by atoms with Crippen molar-refractivity contribution in [2.24, 2.45) is 0 Å². The molecular formula is C31H32N2O7S. The van der Waals surface area contributed by atoms with Crippen LogP contribution in [0.4, 0.5) is 5.13 Å². The molecule has 214 valence electrons. The van der Waals surface area contributed by atoms with Crippen molar-refractivity contribution < 1.29 is 33.7 Å². The zero-order valence-electron chi connectivity index (χ0n) is 23.4. The van der Waals surface area contributed by atoms with E-state index in [1.54, 1.807) is 55.5 Å². The summed E-state index contributed by atoms with van der Waals surface area (Å²) in [6, 6.07) is 10.6. The molecule has 1 amide bonds. The third kappa shape index (κ3) is 6.02. The summed E-state index contributed by atoms with van der Waals surface area (Å²) in [7, 11) is 0. The molecule has 10 heteroatoms. The Labute approximate surface area is 242 Å². The summed E-state index contributed by atoms with van der Waals surface area (Å²) >= 11 is 1.02. The van der Waals surface area contributed by atoms with E-state index in [1.165, 1.54) is 11.8 Å². The van der Waals surface area contributed by atoms with E-state index in [0.717, 1.165) is 17.8 Å². The van der Waals surface area contributed by atoms with Gasteiger partial charge in [-0.2, -0.15) is 0 Å². The number of hydrogen-bond acceptors (Lipinski definition) is 9. The van der Waals surface area contributed by atoms with Crippen LogP contribution in [-0.2, 0) is 9.59 Å². The number of aliphatic hydroxyl groups excluding tert-OH is 1. The molecule has 9 nitrogen and oxygen atoms in total. The minimum atomic E-state index is -1.05. The number of Topliss-reactive ketones (excluding diaryl/α,β-unsaturated/α-hetero) is 2. The van der Waals surface area contributed by atoms with Crippen molar-refractivity contribution in [3.8, 4) is 17.2 Å². The van der Waals surface area contributed by atoms with Crippen LogP contribution in [0.15, 0.2) is 60.7 Å². The molecule has 41 heavy (non-hydrogen) atoms. The largest absolute Gasteiger partial charge is 0.507 e. The molecule has 0 spiro atoms. The standard InChI is InChI=1S/C31H32N2O7S/c1-6-15-39-22-12-9-20(10-13-22)27(35)25-26(21-11-14-23(40-16-7-2)24(17-21)38-8-3)33(30(37)28(25)36)31-32-18(4)29(41-31)19(5)34/h7,9-14,17,26,35H,2,6,8,15-16H2,1,3-5H3. The summed E-state index contributed by atoms with van der Waals surface area (Å²) in [6.45, 7) is 11.7. The molecule has 1 fully saturated rings. The third-order valence-corrected chi connectivity index (χ3v) is 7.55. The Morgan fingerprint density at radius 3 is 2.44 bits per heavy atom. The fourth-order valence-electron chi connectivity index (χ4n) is 4.47. The number of anilines is 1. The Morgan fingerprint density at radius 2 is 1.83 bits per heavy atom. The summed E-state index contributed by atoms with van der Waals surface area (Å²) in [4.78, 5) is 45.3. The first-order valence-corrected chi connectivity index (χ1v) is 14.1. The van der Waals surface area contributed by atoms with Crippen molar-refractivity contribution >= 4 is 39.7 Å². The Kier molecular flexibility index (Phi) is 9.24. The van der Waals surface area contributed by atoms with E-state index < -0.39 is 17.7 Å². The molecule has 0 bridgehead atoms. The van der Waals surface area contributed by atoms with E-state index in [4.69, 9.17) is 14.2 Å². The van der Waals surface area contributed by atoms with Gasteiger partial charge in [0.15, 0.2) is 22.4 Å². The Hall–Kier alpha value is -4.44. The second-order valence-corrected chi connectivity index (χ2v) is 10.2. The maximum absolute atomic E-state index is 13.5. The zero-order chi connectivity index (χ0) is 29.7. The van der Waals surface area contributed by atoms with Crippen molar-refractivity contribution in [1.82, 2.24) is 4.98 Å². The number of carbonyl (C=O) groups excluding carboxylic acids is 3. The molecule has 1 N–H and O–H groups in total. The van der Waals surface area contributed by atoms with Crippen LogP contribution in [-0.4, -0.2) is 47.4 Å². The summed E-state index contributed by atoms with van der Waals surface area (Å²) in [5.74, 6) is -0.815. The van der Waals surface area contributed by atoms with Crippen molar-refractivity contribution in [3.63, 3.8) is 0 Å². The summed E-state index contributed by atoms with van der Waals surface area (Å²) < 4.78 is 17.2. The predicted octanol–water partition coefficient (Wildman–Crippen LogP) is 6.03. The fraction of sp³-hybridized carbons (Fsp3) is 0.290. The second-order valence-electron chi connectivity index (χ2n) is 9.25. The van der Waals surface area contributed by atoms with Gasteiger partial charge in [-0.05, 0) is 62.2 Å². The van der Waals surface area contributed by atoms with Crippen molar-refractivity contribution in [1.29, 1.82) is 0 Å². The van der Waals surface area contributed by atoms with Crippen LogP contribution < -0.4 is 19.1 Å². The number of aliphatic hydroxyl groups is 1. The lowest BCUT2D eigenvalue weighted by Crippen LogP contribution is -2.29. The minimum Gasteiger partial charge on any atom is -0.507 e. The van der Waals surface area contributed by atoms with Crippen LogP contribution in [0.1, 0.15) is 59.7 Å². The first-order valence-electron chi connectivity index (χ1n) is 13.2. The highest BCUT2D eigenvalue weighted by molar-refractivity contribution is 7.18. The Balaban J connectivity index is 1.90. The van der Waals surface area contributed by atoms with Gasteiger partial charge in [0.2, 0.25) is 0 Å². The average Bonchev–Trinajstić information content (AvgIpc) is 3.47. The second kappa shape index (κ2) is 12.8. The smallest absolute Gasteiger partial charge is 0.301 e. The number of aryl methyl sites for hydroxylation is 1. The molecule has 3 aromatic rings. The van der Waals surface area contributed by atoms with E-state index in [1.807, 2.05) is 13.8 Å². The first-order chi connectivity index (χ1) is 19.7. The van der Waals surface area contributed by atoms with Gasteiger partial charge in [0.25, 0.3) is 5.78 Å². The number of nitrogens with zero attached hydrogens (tertiary/aromatic N) is 2. The molecule has 2 heterocycles. The first kappa shape index (κ1) is 29.5. The molecular weight excluding hydrogens is 544 g/mol. The van der Waals surface area contributed by atoms with Crippen molar-refractivity contribution in [3.05, 3.63) is 82.4 Å². The monoisotopic (exact) mass is 576 g/mol. The van der Waals surface area contributed by atoms with Crippen molar-refractivity contribution in [2.75, 3.05) is 24.7 Å². The van der Waals surface area contributed by atoms with Crippen LogP contribution >= 0.6 is 11.3 Å². The maximum atomic E-state index is 13.5. The van der Waals surface area contributed by atoms with Gasteiger partial charge in [-0.25, -0.2) is 4.98 Å². The number of ether oxygens (including phenoxy) is 3. The van der Waals surface area contributed by atoms with Crippen LogP contribution in [0.25, 0.3) is 5.76 Å². The van der Waals surface area contributed by atoms with Gasteiger partial charge in [0.1, 0.15) is 18.1 Å². The quantitative estimate of drug-likeness (QED) is 0.0913. The third-order valence-electron chi connectivity index (χ3n) is 6.30. The van der Waals surface area contributed by atoms with Gasteiger partial charge in [-0.15, -0.1) is 0 Å². The van der Waals surface area contributed by atoms with Gasteiger partial charge in [0, 0.05) is 12.5 Å². The summed E-state index contributed by atoms with van der Waals surface area (Å²) in [5, 5.41) is 11.6. The van der Waals surface area contributed by atoms with E-state index >= 15 is 0 Å². The number of amides is 1. The number of thiazole rings is 1. The molecule has 1 aliphatic heterocycles. The normalized spacial score (nSPS) is 16.1. The lowest BCUT2D eigenvalue weighted by atomic mass is 9.95. The predicted molar refractivity (Wildman–Crippen MR) is 157 cm³/mol. The number of aromatic nitrogens is 1. The molecule has 2 aromatic carbocycles. The highest BCUT2D eigenvalue weighted by Gasteiger charge is 2.48. The molecule has 1 saturated heterocycles. The molecule has 1 aliphatic rings. The van der Waals surface area contributed by atoms with Gasteiger partial charge in [-0.3, -0.25) is 19.3 Å². The molecule has 1 atom stereocenters. The molecule has 0 aliphatic carbocycles. The SMILES string of the molecule is C=CCOc1ccc(C2C(=C(O)c3ccc(OCCC)cc3)C(=O)C(=O)N2c2nc(C)c(C(C)=O)s2)cc1OCC. The molecule has 0 radical (unpaired) electrons. The maximum Gasteiger partial charge on any atom is 0.301 e. The number of benzene rings is 2. The topological polar surface area (TPSA) is 115 Å². The molecule has 0 saturated carbocycles. The van der Waals surface area contributed by atoms with E-state index in [9.17, 15) is 19.5 Å². The van der Waals surface area contributed by atoms with Crippen LogP contribution in [0, 0.1) is 6.92 Å². The van der Waals surface area contributed by atoms with E-state index in [-0.39, 0.29) is 28.9 Å². The van der Waals surface area contributed by atoms with Gasteiger partial charge in [0.05, 0.1) is 35.4 Å². The number of rotatable bonds is 12. The lowest BCUT2D eigenvalue weighted by Gasteiger charge is -2.24. The summed E-state index contributed by atoms with van der Waals surface area (Å²) in [6.07, 6.45) is 2.45. The van der Waals surface area contributed by atoms with Crippen LogP contribution in [0.3, 0.4) is 0 Å². The minimum absolute atomic E-state index is 0.114. The van der Waals surface area contributed by atoms with Crippen LogP contribution in [0.5, 0.6) is 17.2 Å². The van der Waals surface area contributed by atoms with Crippen molar-refractivity contribution in [2.45, 2.75) is 40.2 Å². The van der Waals surface area contributed by atoms with Gasteiger partial charge in [-0.1, -0.05) is 37.0 Å². The lowest BCUT2D eigenvalue weighted by molar-refractivity contribution is -0.132. The van der Waals surface area contributed by atoms with Gasteiger partial charge >= 0.3 is 5.91 Å². The highest BCUT2D eigenvalue weighted by atomic mass is 32.1. The van der Waals surface area contributed by atoms with Crippen LogP contribution in [0.2, 0.25) is 0 Å². The van der Waals surface area contributed by atoms with E-state index in [2.05, 4.69) is 11.6 Å². The number of ketones is 2. The number of carbonyl (C=O) groups is 3. The highest BCUT2D eigenvalue weighted by Crippen LogP contribution is 2.45. The Bertz CT molecular complexity index is 1510. The molecule has 4 rings (SSSR count). The zero-order valence-corrected chi connectivity index (χ0v) is 24.2. The fourth-order valence-corrected chi connectivity index (χ4v) is 5.46. The molecule has 1 unspecified atom stereocenters. The Morgan fingerprint density at radius 1 is 1.10 bits per heavy atom. The van der Waals surface area contributed by atoms with E-state index in [0.29, 0.717) is 52.2 Å². The van der Waals surface area contributed by atoms with Gasteiger partial charge < -0.3 is 19.3 Å². The molecule has 1 aromatic heterocycles. The number of hydrogen-bond donors (Lipinski definition) is 1. The average molecular weight is 577 g/mol. The summed E-state index contributed by atoms with van der Waals surface area (Å²) in [5.41, 5.74) is 1.16.